The van der Waals surface area contributed by atoms with Crippen LogP contribution in [-0.4, -0.2) is 18.4 Å². The summed E-state index contributed by atoms with van der Waals surface area (Å²) < 4.78 is 0. The topological polar surface area (TPSA) is 20.3 Å². The molecule has 0 aliphatic carbocycles. The van der Waals surface area contributed by atoms with Crippen LogP contribution in [0.5, 0.6) is 0 Å². The quantitative estimate of drug-likeness (QED) is 0.793. The average molecular weight is 279 g/mol. The second-order valence-electron chi connectivity index (χ2n) is 5.93. The highest BCUT2D eigenvalue weighted by Crippen LogP contribution is 2.30. The lowest BCUT2D eigenvalue weighted by Crippen LogP contribution is -2.38. The van der Waals surface area contributed by atoms with Crippen LogP contribution in [0.4, 0.5) is 5.69 Å². The summed E-state index contributed by atoms with van der Waals surface area (Å²) in [5, 5.41) is 0. The van der Waals surface area contributed by atoms with E-state index in [1.54, 1.807) is 0 Å². The maximum Gasteiger partial charge on any atom is 0.185 e. The second kappa shape index (κ2) is 5.36. The van der Waals surface area contributed by atoms with Crippen LogP contribution in [0, 0.1) is 13.8 Å². The van der Waals surface area contributed by atoms with Crippen molar-refractivity contribution >= 4 is 11.5 Å². The van der Waals surface area contributed by atoms with Gasteiger partial charge in [-0.3, -0.25) is 4.79 Å². The predicted molar refractivity (Wildman–Crippen MR) is 87.2 cm³/mol. The van der Waals surface area contributed by atoms with E-state index in [4.69, 9.17) is 0 Å². The highest BCUT2D eigenvalue weighted by atomic mass is 16.1. The van der Waals surface area contributed by atoms with E-state index in [1.165, 1.54) is 16.8 Å². The van der Waals surface area contributed by atoms with Gasteiger partial charge in [-0.2, -0.15) is 0 Å². The smallest absolute Gasteiger partial charge is 0.185 e. The molecular weight excluding hydrogens is 258 g/mol. The third-order valence-corrected chi connectivity index (χ3v) is 4.42. The van der Waals surface area contributed by atoms with Crippen LogP contribution in [0.15, 0.2) is 42.5 Å². The van der Waals surface area contributed by atoms with Crippen LogP contribution < -0.4 is 4.90 Å². The average Bonchev–Trinajstić information content (AvgIpc) is 2.90. The number of carbonyl (C=O) groups excluding carboxylic acids is 1. The van der Waals surface area contributed by atoms with E-state index in [-0.39, 0.29) is 11.8 Å². The van der Waals surface area contributed by atoms with Gasteiger partial charge in [-0.25, -0.2) is 0 Å². The summed E-state index contributed by atoms with van der Waals surface area (Å²) in [6, 6.07) is 14.3. The number of nitrogens with zero attached hydrogens (tertiary/aromatic N) is 1. The molecule has 0 saturated heterocycles. The lowest BCUT2D eigenvalue weighted by Gasteiger charge is -2.26. The number of aryl methyl sites for hydroxylation is 2. The van der Waals surface area contributed by atoms with Crippen molar-refractivity contribution < 1.29 is 4.79 Å². The number of fused-ring (bicyclic) bond motifs is 1. The summed E-state index contributed by atoms with van der Waals surface area (Å²) >= 11 is 0. The number of ketones is 1. The lowest BCUT2D eigenvalue weighted by molar-refractivity contribution is 0.0964. The summed E-state index contributed by atoms with van der Waals surface area (Å²) in [6.45, 7) is 7.02. The first-order valence-corrected chi connectivity index (χ1v) is 7.54. The van der Waals surface area contributed by atoms with E-state index in [1.807, 2.05) is 32.0 Å². The number of Topliss-reactive ketones (excluding diaryl/α,β-unsaturated/α-hetero) is 1. The third kappa shape index (κ3) is 2.46. The number of carbonyl (C=O) groups is 1. The Labute approximate surface area is 126 Å². The van der Waals surface area contributed by atoms with Crippen molar-refractivity contribution in [1.82, 2.24) is 0 Å². The minimum Gasteiger partial charge on any atom is -0.361 e. The summed E-state index contributed by atoms with van der Waals surface area (Å²) in [7, 11) is 0. The van der Waals surface area contributed by atoms with E-state index in [2.05, 4.69) is 36.1 Å². The molecule has 1 aliphatic rings. The van der Waals surface area contributed by atoms with Crippen LogP contribution in [0.2, 0.25) is 0 Å². The maximum absolute atomic E-state index is 12.8. The molecular formula is C19H21NO. The van der Waals surface area contributed by atoms with E-state index in [0.717, 1.165) is 24.1 Å². The number of hydrogen-bond donors (Lipinski definition) is 0. The van der Waals surface area contributed by atoms with Crippen LogP contribution in [0.25, 0.3) is 0 Å². The number of hydrogen-bond acceptors (Lipinski definition) is 2. The Hall–Kier alpha value is -2.09. The molecule has 1 atom stereocenters. The van der Waals surface area contributed by atoms with Crippen molar-refractivity contribution in [2.45, 2.75) is 33.2 Å². The molecule has 2 nitrogen and oxygen atoms in total. The second-order valence-corrected chi connectivity index (χ2v) is 5.93. The van der Waals surface area contributed by atoms with Gasteiger partial charge in [0.05, 0.1) is 6.04 Å². The van der Waals surface area contributed by atoms with E-state index < -0.39 is 0 Å². The number of benzene rings is 2. The van der Waals surface area contributed by atoms with Crippen LogP contribution >= 0.6 is 0 Å². The maximum atomic E-state index is 12.8. The van der Waals surface area contributed by atoms with Crippen molar-refractivity contribution in [1.29, 1.82) is 0 Å². The van der Waals surface area contributed by atoms with Gasteiger partial charge in [0.25, 0.3) is 0 Å². The van der Waals surface area contributed by atoms with Gasteiger partial charge in [-0.15, -0.1) is 0 Å². The molecule has 21 heavy (non-hydrogen) atoms. The molecule has 0 amide bonds. The Morgan fingerprint density at radius 1 is 1.14 bits per heavy atom. The molecule has 0 saturated carbocycles. The van der Waals surface area contributed by atoms with Crippen molar-refractivity contribution in [3.8, 4) is 0 Å². The molecule has 108 valence electrons. The largest absolute Gasteiger partial charge is 0.361 e. The number of para-hydroxylation sites is 1. The van der Waals surface area contributed by atoms with Gasteiger partial charge in [-0.05, 0) is 44.4 Å². The zero-order chi connectivity index (χ0) is 15.0. The van der Waals surface area contributed by atoms with Gasteiger partial charge in [0.1, 0.15) is 0 Å². The fourth-order valence-corrected chi connectivity index (χ4v) is 3.22. The first kappa shape index (κ1) is 13.9. The highest BCUT2D eigenvalue weighted by molar-refractivity contribution is 6.03. The van der Waals surface area contributed by atoms with Gasteiger partial charge in [0.2, 0.25) is 0 Å². The zero-order valence-corrected chi connectivity index (χ0v) is 12.9. The van der Waals surface area contributed by atoms with Gasteiger partial charge >= 0.3 is 0 Å². The van der Waals surface area contributed by atoms with Gasteiger partial charge < -0.3 is 4.90 Å². The van der Waals surface area contributed by atoms with E-state index in [0.29, 0.717) is 0 Å². The van der Waals surface area contributed by atoms with Crippen LogP contribution in [0.1, 0.15) is 34.0 Å². The molecule has 0 aromatic heterocycles. The Kier molecular flexibility index (Phi) is 3.54. The minimum atomic E-state index is -0.116. The van der Waals surface area contributed by atoms with Crippen LogP contribution in [-0.2, 0) is 6.42 Å². The Morgan fingerprint density at radius 2 is 1.90 bits per heavy atom. The zero-order valence-electron chi connectivity index (χ0n) is 12.9. The fourth-order valence-electron chi connectivity index (χ4n) is 3.22. The molecule has 0 N–H and O–H groups in total. The number of anilines is 1. The van der Waals surface area contributed by atoms with Crippen molar-refractivity contribution in [2.75, 3.05) is 11.4 Å². The third-order valence-electron chi connectivity index (χ3n) is 4.42. The molecule has 1 unspecified atom stereocenters. The summed E-state index contributed by atoms with van der Waals surface area (Å²) in [6.07, 6.45) is 1.03. The first-order valence-electron chi connectivity index (χ1n) is 7.54. The van der Waals surface area contributed by atoms with Crippen molar-refractivity contribution in [3.05, 3.63) is 64.7 Å². The Morgan fingerprint density at radius 3 is 2.67 bits per heavy atom. The molecule has 2 heteroatoms. The van der Waals surface area contributed by atoms with Crippen LogP contribution in [0.3, 0.4) is 0 Å². The normalized spacial score (nSPS) is 14.9. The molecule has 2 aromatic carbocycles. The Bertz CT molecular complexity index is 690. The van der Waals surface area contributed by atoms with E-state index in [9.17, 15) is 4.79 Å². The van der Waals surface area contributed by atoms with Gasteiger partial charge in [-0.1, -0.05) is 42.0 Å². The molecule has 1 heterocycles. The summed E-state index contributed by atoms with van der Waals surface area (Å²) in [4.78, 5) is 15.1. The van der Waals surface area contributed by atoms with Crippen molar-refractivity contribution in [2.24, 2.45) is 0 Å². The minimum absolute atomic E-state index is 0.116. The fraction of sp³-hybridized carbons (Fsp3) is 0.316. The monoisotopic (exact) mass is 279 g/mol. The molecule has 0 spiro atoms. The standard InChI is InChI=1S/C19H21NO/c1-13-8-9-17(14(2)12-13)19(21)15(3)20-11-10-16-6-4-5-7-18(16)20/h4-9,12,15H,10-11H2,1-3H3. The van der Waals surface area contributed by atoms with E-state index >= 15 is 0 Å². The number of rotatable bonds is 3. The van der Waals surface area contributed by atoms with Gasteiger partial charge in [0.15, 0.2) is 5.78 Å². The lowest BCUT2D eigenvalue weighted by atomic mass is 9.98. The molecule has 1 aliphatic heterocycles. The predicted octanol–water partition coefficient (Wildman–Crippen LogP) is 3.94. The van der Waals surface area contributed by atoms with Gasteiger partial charge in [0, 0.05) is 17.8 Å². The molecule has 3 rings (SSSR count). The highest BCUT2D eigenvalue weighted by Gasteiger charge is 2.28. The first-order chi connectivity index (χ1) is 10.1. The molecule has 2 aromatic rings. The summed E-state index contributed by atoms with van der Waals surface area (Å²) in [5.41, 5.74) is 5.67. The molecule has 0 radical (unpaired) electrons. The molecule has 0 fully saturated rings. The Balaban J connectivity index is 1.89. The summed E-state index contributed by atoms with van der Waals surface area (Å²) in [5.74, 6) is 0.212. The van der Waals surface area contributed by atoms with Crippen molar-refractivity contribution in [3.63, 3.8) is 0 Å². The molecule has 0 bridgehead atoms. The SMILES string of the molecule is Cc1ccc(C(=O)C(C)N2CCc3ccccc32)c(C)c1.